The average molecular weight is 164 g/mol. The number of carbonyl (C=O) groups excluding carboxylic acids is 1. The van der Waals surface area contributed by atoms with Crippen molar-refractivity contribution in [2.24, 2.45) is 0 Å². The van der Waals surface area contributed by atoms with Gasteiger partial charge in [-0.1, -0.05) is 0 Å². The van der Waals surface area contributed by atoms with Crippen LogP contribution < -0.4 is 10.1 Å². The van der Waals surface area contributed by atoms with Gasteiger partial charge in [-0.05, 0) is 6.07 Å². The lowest BCUT2D eigenvalue weighted by atomic mass is 10.2. The van der Waals surface area contributed by atoms with Crippen molar-refractivity contribution in [2.75, 3.05) is 7.11 Å². The number of ether oxygens (including phenoxy) is 1. The third-order valence-electron chi connectivity index (χ3n) is 1.83. The van der Waals surface area contributed by atoms with Gasteiger partial charge in [0, 0.05) is 12.1 Å². The van der Waals surface area contributed by atoms with Crippen LogP contribution >= 0.6 is 0 Å². The average Bonchev–Trinajstić information content (AvgIpc) is 2.47. The van der Waals surface area contributed by atoms with Crippen LogP contribution in [0.2, 0.25) is 0 Å². The molecule has 0 fully saturated rings. The maximum absolute atomic E-state index is 11.1. The predicted octanol–water partition coefficient (Wildman–Crippen LogP) is 0.334. The summed E-state index contributed by atoms with van der Waals surface area (Å²) in [6.45, 7) is 0.554. The van der Waals surface area contributed by atoms with E-state index in [1.165, 1.54) is 0 Å². The lowest BCUT2D eigenvalue weighted by Crippen LogP contribution is -2.13. The molecule has 1 amide bonds. The summed E-state index contributed by atoms with van der Waals surface area (Å²) in [5, 5.41) is 2.68. The largest absolute Gasteiger partial charge is 0.495 e. The minimum atomic E-state index is -0.104. The van der Waals surface area contributed by atoms with E-state index in [-0.39, 0.29) is 5.91 Å². The van der Waals surface area contributed by atoms with E-state index in [1.54, 1.807) is 13.3 Å². The van der Waals surface area contributed by atoms with Crippen LogP contribution in [0.5, 0.6) is 5.75 Å². The Hall–Kier alpha value is -1.58. The van der Waals surface area contributed by atoms with Crippen LogP contribution in [0.4, 0.5) is 0 Å². The van der Waals surface area contributed by atoms with Gasteiger partial charge in [-0.2, -0.15) is 0 Å². The monoisotopic (exact) mass is 164 g/mol. The van der Waals surface area contributed by atoms with Gasteiger partial charge in [0.1, 0.15) is 11.4 Å². The molecule has 0 spiro atoms. The highest BCUT2D eigenvalue weighted by Crippen LogP contribution is 2.18. The first kappa shape index (κ1) is 7.09. The summed E-state index contributed by atoms with van der Waals surface area (Å²) >= 11 is 0. The van der Waals surface area contributed by atoms with Gasteiger partial charge in [0.2, 0.25) is 0 Å². The normalized spacial score (nSPS) is 13.9. The first-order valence-electron chi connectivity index (χ1n) is 3.62. The molecule has 4 nitrogen and oxygen atoms in total. The molecule has 4 heteroatoms. The maximum Gasteiger partial charge on any atom is 0.270 e. The number of amides is 1. The fourth-order valence-electron chi connectivity index (χ4n) is 1.20. The molecule has 1 aromatic heterocycles. The number of rotatable bonds is 1. The Morgan fingerprint density at radius 3 is 3.25 bits per heavy atom. The Bertz CT molecular complexity index is 336. The molecule has 12 heavy (non-hydrogen) atoms. The van der Waals surface area contributed by atoms with Crippen molar-refractivity contribution in [1.29, 1.82) is 0 Å². The van der Waals surface area contributed by atoms with Gasteiger partial charge < -0.3 is 10.1 Å². The molecule has 1 aliphatic heterocycles. The van der Waals surface area contributed by atoms with Crippen LogP contribution in [-0.4, -0.2) is 18.0 Å². The number of hydrogen-bond acceptors (Lipinski definition) is 3. The molecule has 1 aliphatic rings. The summed E-state index contributed by atoms with van der Waals surface area (Å²) in [7, 11) is 1.58. The van der Waals surface area contributed by atoms with Crippen molar-refractivity contribution in [3.63, 3.8) is 0 Å². The van der Waals surface area contributed by atoms with E-state index in [2.05, 4.69) is 10.3 Å². The molecule has 2 rings (SSSR count). The zero-order valence-corrected chi connectivity index (χ0v) is 6.63. The summed E-state index contributed by atoms with van der Waals surface area (Å²) in [6, 6.07) is 1.82. The summed E-state index contributed by atoms with van der Waals surface area (Å²) in [6.07, 6.45) is 1.55. The maximum atomic E-state index is 11.1. The van der Waals surface area contributed by atoms with Crippen molar-refractivity contribution in [3.05, 3.63) is 23.5 Å². The summed E-state index contributed by atoms with van der Waals surface area (Å²) in [5.41, 5.74) is 1.41. The number of nitrogens with one attached hydrogen (secondary N) is 1. The van der Waals surface area contributed by atoms with Gasteiger partial charge in [0.05, 0.1) is 13.3 Å². The number of methoxy groups -OCH3 is 1. The molecule has 0 radical (unpaired) electrons. The number of pyridine rings is 1. The highest BCUT2D eigenvalue weighted by Gasteiger charge is 2.20. The van der Waals surface area contributed by atoms with Gasteiger partial charge in [0.25, 0.3) is 5.91 Å². The molecule has 62 valence electrons. The topological polar surface area (TPSA) is 51.2 Å². The Kier molecular flexibility index (Phi) is 1.46. The fraction of sp³-hybridized carbons (Fsp3) is 0.250. The molecule has 0 atom stereocenters. The molecule has 2 heterocycles. The van der Waals surface area contributed by atoms with Crippen molar-refractivity contribution < 1.29 is 9.53 Å². The molecule has 1 aromatic rings. The van der Waals surface area contributed by atoms with Crippen LogP contribution in [0.1, 0.15) is 16.1 Å². The number of fused-ring (bicyclic) bond motifs is 1. The second kappa shape index (κ2) is 2.48. The molecule has 0 aromatic carbocycles. The van der Waals surface area contributed by atoms with Gasteiger partial charge >= 0.3 is 0 Å². The molecule has 0 bridgehead atoms. The lowest BCUT2D eigenvalue weighted by Gasteiger charge is -1.99. The third-order valence-corrected chi connectivity index (χ3v) is 1.83. The fourth-order valence-corrected chi connectivity index (χ4v) is 1.20. The molecule has 1 N–H and O–H groups in total. The van der Waals surface area contributed by atoms with E-state index in [9.17, 15) is 4.79 Å². The van der Waals surface area contributed by atoms with E-state index in [1.807, 2.05) is 6.07 Å². The zero-order valence-electron chi connectivity index (χ0n) is 6.63. The Labute approximate surface area is 69.6 Å². The van der Waals surface area contributed by atoms with Gasteiger partial charge in [-0.3, -0.25) is 4.79 Å². The van der Waals surface area contributed by atoms with Gasteiger partial charge in [-0.25, -0.2) is 4.98 Å². The summed E-state index contributed by atoms with van der Waals surface area (Å²) in [4.78, 5) is 15.0. The highest BCUT2D eigenvalue weighted by atomic mass is 16.5. The number of hydrogen-bond donors (Lipinski definition) is 1. The van der Waals surface area contributed by atoms with Crippen LogP contribution in [-0.2, 0) is 6.54 Å². The smallest absolute Gasteiger partial charge is 0.270 e. The Balaban J connectivity index is 2.48. The van der Waals surface area contributed by atoms with Crippen LogP contribution in [0, 0.1) is 0 Å². The predicted molar refractivity (Wildman–Crippen MR) is 42.0 cm³/mol. The Morgan fingerprint density at radius 1 is 1.67 bits per heavy atom. The van der Waals surface area contributed by atoms with Gasteiger partial charge in [-0.15, -0.1) is 0 Å². The molecule has 0 aliphatic carbocycles. The van der Waals surface area contributed by atoms with E-state index in [0.717, 1.165) is 5.56 Å². The standard InChI is InChI=1S/C8H8N2O2/c1-12-6-2-5-3-10-8(11)7(5)9-4-6/h2,4H,3H2,1H3,(H,10,11). The molecular weight excluding hydrogens is 156 g/mol. The molecular formula is C8H8N2O2. The zero-order chi connectivity index (χ0) is 8.55. The molecule has 0 unspecified atom stereocenters. The highest BCUT2D eigenvalue weighted by molar-refractivity contribution is 5.96. The first-order chi connectivity index (χ1) is 5.81. The van der Waals surface area contributed by atoms with Crippen LogP contribution in [0.25, 0.3) is 0 Å². The lowest BCUT2D eigenvalue weighted by molar-refractivity contribution is 0.0961. The Morgan fingerprint density at radius 2 is 2.50 bits per heavy atom. The number of nitrogens with zero attached hydrogens (tertiary/aromatic N) is 1. The summed E-state index contributed by atoms with van der Waals surface area (Å²) < 4.78 is 4.97. The quantitative estimate of drug-likeness (QED) is 0.650. The SMILES string of the molecule is COc1cnc2c(c1)CNC2=O. The third kappa shape index (κ3) is 0.922. The minimum absolute atomic E-state index is 0.104. The van der Waals surface area contributed by atoms with E-state index in [4.69, 9.17) is 4.74 Å². The van der Waals surface area contributed by atoms with Gasteiger partial charge in [0.15, 0.2) is 0 Å². The minimum Gasteiger partial charge on any atom is -0.495 e. The van der Waals surface area contributed by atoms with E-state index < -0.39 is 0 Å². The van der Waals surface area contributed by atoms with Crippen molar-refractivity contribution in [3.8, 4) is 5.75 Å². The van der Waals surface area contributed by atoms with Crippen LogP contribution in [0.3, 0.4) is 0 Å². The van der Waals surface area contributed by atoms with E-state index in [0.29, 0.717) is 18.0 Å². The van der Waals surface area contributed by atoms with Crippen molar-refractivity contribution in [1.82, 2.24) is 10.3 Å². The van der Waals surface area contributed by atoms with E-state index >= 15 is 0 Å². The number of carbonyl (C=O) groups is 1. The second-order valence-corrected chi connectivity index (χ2v) is 2.57. The summed E-state index contributed by atoms with van der Waals surface area (Å²) in [5.74, 6) is 0.581. The van der Waals surface area contributed by atoms with Crippen molar-refractivity contribution >= 4 is 5.91 Å². The van der Waals surface area contributed by atoms with Crippen LogP contribution in [0.15, 0.2) is 12.3 Å². The first-order valence-corrected chi connectivity index (χ1v) is 3.62. The second-order valence-electron chi connectivity index (χ2n) is 2.57. The molecule has 0 saturated carbocycles. The number of aromatic nitrogens is 1. The van der Waals surface area contributed by atoms with Crippen molar-refractivity contribution in [2.45, 2.75) is 6.54 Å². The molecule has 0 saturated heterocycles.